The molecule has 1 aromatic rings. The zero-order valence-corrected chi connectivity index (χ0v) is 15.5. The van der Waals surface area contributed by atoms with E-state index in [9.17, 15) is 14.4 Å². The number of rotatable bonds is 5. The highest BCUT2D eigenvalue weighted by Gasteiger charge is 2.49. The predicted octanol–water partition coefficient (Wildman–Crippen LogP) is 2.70. The summed E-state index contributed by atoms with van der Waals surface area (Å²) in [5, 5.41) is 2.70. The van der Waals surface area contributed by atoms with E-state index in [-0.39, 0.29) is 18.6 Å². The summed E-state index contributed by atoms with van der Waals surface area (Å²) in [5.41, 5.74) is 0.635. The van der Waals surface area contributed by atoms with Crippen LogP contribution in [-0.4, -0.2) is 36.0 Å². The Morgan fingerprint density at radius 2 is 1.80 bits per heavy atom. The van der Waals surface area contributed by atoms with Crippen LogP contribution in [-0.2, 0) is 25.3 Å². The minimum absolute atomic E-state index is 0.00254. The van der Waals surface area contributed by atoms with Gasteiger partial charge in [-0.05, 0) is 29.9 Å². The number of nitrogens with one attached hydrogen (secondary N) is 1. The number of hydrogen-bond donors (Lipinski definition) is 1. The number of amides is 3. The van der Waals surface area contributed by atoms with Gasteiger partial charge in [-0.1, -0.05) is 52.0 Å². The first-order chi connectivity index (χ1) is 11.6. The molecular weight excluding hydrogens is 320 g/mol. The lowest BCUT2D eigenvalue weighted by Crippen LogP contribution is -2.41. The number of ether oxygens (including phenoxy) is 1. The molecule has 1 atom stereocenters. The lowest BCUT2D eigenvalue weighted by Gasteiger charge is -2.24. The van der Waals surface area contributed by atoms with E-state index < -0.39 is 23.4 Å². The van der Waals surface area contributed by atoms with Crippen molar-refractivity contribution in [2.45, 2.75) is 52.0 Å². The quantitative estimate of drug-likeness (QED) is 0.657. The molecule has 2 rings (SSSR count). The van der Waals surface area contributed by atoms with Crippen molar-refractivity contribution in [2.24, 2.45) is 0 Å². The number of esters is 1. The number of benzene rings is 1. The summed E-state index contributed by atoms with van der Waals surface area (Å²) < 4.78 is 4.96. The van der Waals surface area contributed by atoms with Crippen LogP contribution in [0.1, 0.15) is 52.2 Å². The average molecular weight is 346 g/mol. The molecule has 25 heavy (non-hydrogen) atoms. The lowest BCUT2D eigenvalue weighted by molar-refractivity contribution is -0.147. The van der Waals surface area contributed by atoms with Crippen LogP contribution in [0, 0.1) is 0 Å². The van der Waals surface area contributed by atoms with E-state index in [0.717, 1.165) is 10.5 Å². The Morgan fingerprint density at radius 1 is 1.20 bits per heavy atom. The van der Waals surface area contributed by atoms with Crippen molar-refractivity contribution in [3.05, 3.63) is 35.4 Å². The minimum Gasteiger partial charge on any atom is -0.464 e. The fourth-order valence-corrected chi connectivity index (χ4v) is 2.73. The molecule has 0 aliphatic carbocycles. The highest BCUT2D eigenvalue weighted by atomic mass is 16.5. The Bertz CT molecular complexity index is 676. The maximum Gasteiger partial charge on any atom is 0.326 e. The van der Waals surface area contributed by atoms with Gasteiger partial charge in [-0.2, -0.15) is 0 Å². The summed E-state index contributed by atoms with van der Waals surface area (Å²) in [6.45, 7) is 9.74. The average Bonchev–Trinajstić information content (AvgIpc) is 2.76. The number of hydrogen-bond acceptors (Lipinski definition) is 4. The van der Waals surface area contributed by atoms with Crippen LogP contribution in [0.15, 0.2) is 24.3 Å². The van der Waals surface area contributed by atoms with Crippen LogP contribution in [0.2, 0.25) is 0 Å². The second-order valence-corrected chi connectivity index (χ2v) is 7.49. The first-order valence-corrected chi connectivity index (χ1v) is 8.50. The number of carbonyl (C=O) groups excluding carboxylic acids is 3. The highest BCUT2D eigenvalue weighted by molar-refractivity contribution is 6.08. The zero-order chi connectivity index (χ0) is 18.8. The standard InChI is InChI=1S/C19H26N2O4/c1-6-11-25-15(22)12-21-16(23)19(5,20-17(21)24)14-9-7-13(8-10-14)18(2,3)4/h7-10H,6,11-12H2,1-5H3,(H,20,24). The van der Waals surface area contributed by atoms with E-state index in [0.29, 0.717) is 12.0 Å². The van der Waals surface area contributed by atoms with E-state index in [1.807, 2.05) is 31.2 Å². The van der Waals surface area contributed by atoms with Gasteiger partial charge in [0, 0.05) is 0 Å². The molecule has 1 aromatic carbocycles. The molecule has 136 valence electrons. The summed E-state index contributed by atoms with van der Waals surface area (Å²) in [6, 6.07) is 7.02. The molecule has 1 fully saturated rings. The van der Waals surface area contributed by atoms with Gasteiger partial charge in [0.2, 0.25) is 0 Å². The van der Waals surface area contributed by atoms with Crippen molar-refractivity contribution < 1.29 is 19.1 Å². The summed E-state index contributed by atoms with van der Waals surface area (Å²) in [6.07, 6.45) is 0.684. The third-order valence-corrected chi connectivity index (χ3v) is 4.36. The molecule has 1 aliphatic heterocycles. The Morgan fingerprint density at radius 3 is 2.32 bits per heavy atom. The first kappa shape index (κ1) is 19.0. The lowest BCUT2D eigenvalue weighted by atomic mass is 9.84. The molecule has 0 spiro atoms. The Hall–Kier alpha value is -2.37. The molecule has 0 saturated carbocycles. The van der Waals surface area contributed by atoms with Crippen LogP contribution in [0.5, 0.6) is 0 Å². The van der Waals surface area contributed by atoms with Crippen molar-refractivity contribution in [3.63, 3.8) is 0 Å². The molecule has 1 unspecified atom stereocenters. The van der Waals surface area contributed by atoms with Crippen molar-refractivity contribution in [1.82, 2.24) is 10.2 Å². The van der Waals surface area contributed by atoms with Gasteiger partial charge in [0.05, 0.1) is 6.61 Å². The highest BCUT2D eigenvalue weighted by Crippen LogP contribution is 2.31. The summed E-state index contributed by atoms with van der Waals surface area (Å²) in [7, 11) is 0. The molecule has 3 amide bonds. The smallest absolute Gasteiger partial charge is 0.326 e. The monoisotopic (exact) mass is 346 g/mol. The van der Waals surface area contributed by atoms with Gasteiger partial charge in [0.15, 0.2) is 0 Å². The Labute approximate surface area is 148 Å². The van der Waals surface area contributed by atoms with Gasteiger partial charge < -0.3 is 10.1 Å². The fraction of sp³-hybridized carbons (Fsp3) is 0.526. The van der Waals surface area contributed by atoms with Crippen molar-refractivity contribution >= 4 is 17.9 Å². The third kappa shape index (κ3) is 3.83. The largest absolute Gasteiger partial charge is 0.464 e. The maximum atomic E-state index is 12.8. The summed E-state index contributed by atoms with van der Waals surface area (Å²) >= 11 is 0. The predicted molar refractivity (Wildman–Crippen MR) is 94.0 cm³/mol. The molecule has 1 N–H and O–H groups in total. The molecule has 1 saturated heterocycles. The maximum absolute atomic E-state index is 12.8. The van der Waals surface area contributed by atoms with Gasteiger partial charge in [0.1, 0.15) is 12.1 Å². The molecule has 1 heterocycles. The van der Waals surface area contributed by atoms with Crippen LogP contribution >= 0.6 is 0 Å². The van der Waals surface area contributed by atoms with E-state index in [1.165, 1.54) is 0 Å². The van der Waals surface area contributed by atoms with Crippen molar-refractivity contribution in [1.29, 1.82) is 0 Å². The topological polar surface area (TPSA) is 75.7 Å². The second-order valence-electron chi connectivity index (χ2n) is 7.49. The normalized spacial score (nSPS) is 20.6. The molecule has 1 aliphatic rings. The first-order valence-electron chi connectivity index (χ1n) is 8.50. The van der Waals surface area contributed by atoms with Gasteiger partial charge in [-0.3, -0.25) is 14.5 Å². The second kappa shape index (κ2) is 6.86. The molecule has 6 heteroatoms. The van der Waals surface area contributed by atoms with Crippen molar-refractivity contribution in [2.75, 3.05) is 13.2 Å². The van der Waals surface area contributed by atoms with Gasteiger partial charge in [-0.25, -0.2) is 4.79 Å². The van der Waals surface area contributed by atoms with Gasteiger partial charge >= 0.3 is 12.0 Å². The van der Waals surface area contributed by atoms with E-state index in [1.54, 1.807) is 6.92 Å². The summed E-state index contributed by atoms with van der Waals surface area (Å²) in [4.78, 5) is 37.6. The van der Waals surface area contributed by atoms with E-state index in [4.69, 9.17) is 4.74 Å². The molecule has 0 radical (unpaired) electrons. The number of urea groups is 1. The van der Waals surface area contributed by atoms with Crippen molar-refractivity contribution in [3.8, 4) is 0 Å². The zero-order valence-electron chi connectivity index (χ0n) is 15.5. The van der Waals surface area contributed by atoms with Gasteiger partial charge in [-0.15, -0.1) is 0 Å². The molecule has 0 bridgehead atoms. The van der Waals surface area contributed by atoms with Crippen LogP contribution in [0.25, 0.3) is 0 Å². The van der Waals surface area contributed by atoms with E-state index in [2.05, 4.69) is 26.1 Å². The van der Waals surface area contributed by atoms with Crippen LogP contribution in [0.3, 0.4) is 0 Å². The van der Waals surface area contributed by atoms with Crippen LogP contribution < -0.4 is 5.32 Å². The number of nitrogens with zero attached hydrogens (tertiary/aromatic N) is 1. The minimum atomic E-state index is -1.18. The van der Waals surface area contributed by atoms with E-state index >= 15 is 0 Å². The molecular formula is C19H26N2O4. The SMILES string of the molecule is CCCOC(=O)CN1C(=O)NC(C)(c2ccc(C(C)(C)C)cc2)C1=O. The Balaban J connectivity index is 2.20. The number of imide groups is 1. The third-order valence-electron chi connectivity index (χ3n) is 4.36. The fourth-order valence-electron chi connectivity index (χ4n) is 2.73. The molecule has 6 nitrogen and oxygen atoms in total. The van der Waals surface area contributed by atoms with Gasteiger partial charge in [0.25, 0.3) is 5.91 Å². The number of carbonyl (C=O) groups is 3. The Kier molecular flexibility index (Phi) is 5.20. The molecule has 0 aromatic heterocycles. The van der Waals surface area contributed by atoms with Crippen LogP contribution in [0.4, 0.5) is 4.79 Å². The summed E-state index contributed by atoms with van der Waals surface area (Å²) in [5.74, 6) is -1.04.